The van der Waals surface area contributed by atoms with Gasteiger partial charge in [0.05, 0.1) is 5.69 Å². The van der Waals surface area contributed by atoms with Gasteiger partial charge in [-0.2, -0.15) is 11.8 Å². The molecule has 0 aliphatic carbocycles. The number of carboxylic acids is 1. The van der Waals surface area contributed by atoms with Gasteiger partial charge in [-0.3, -0.25) is 0 Å². The second-order valence-electron chi connectivity index (χ2n) is 5.41. The Morgan fingerprint density at radius 1 is 1.50 bits per heavy atom. The van der Waals surface area contributed by atoms with Crippen LogP contribution in [0.25, 0.3) is 6.08 Å². The first-order valence-corrected chi connectivity index (χ1v) is 7.45. The number of nitrogens with zero attached hydrogens (tertiary/aromatic N) is 1. The number of anilines is 1. The molecule has 0 aromatic heterocycles. The second kappa shape index (κ2) is 5.87. The highest BCUT2D eigenvalue weighted by atomic mass is 32.2. The fraction of sp³-hybridized carbons (Fsp3) is 0.400. The first-order chi connectivity index (χ1) is 9.37. The minimum Gasteiger partial charge on any atom is -0.478 e. The second-order valence-corrected chi connectivity index (χ2v) is 7.21. The molecule has 0 unspecified atom stereocenters. The van der Waals surface area contributed by atoms with E-state index in [4.69, 9.17) is 5.11 Å². The summed E-state index contributed by atoms with van der Waals surface area (Å²) in [6.45, 7) is 5.95. The van der Waals surface area contributed by atoms with Crippen LogP contribution in [0, 0.1) is 5.82 Å². The van der Waals surface area contributed by atoms with Gasteiger partial charge >= 0.3 is 5.97 Å². The smallest absolute Gasteiger partial charge is 0.328 e. The van der Waals surface area contributed by atoms with Crippen LogP contribution in [0.5, 0.6) is 0 Å². The van der Waals surface area contributed by atoms with Crippen molar-refractivity contribution in [2.24, 2.45) is 0 Å². The molecule has 1 aromatic rings. The van der Waals surface area contributed by atoms with Crippen molar-refractivity contribution in [1.82, 2.24) is 0 Å². The summed E-state index contributed by atoms with van der Waals surface area (Å²) in [5, 5.41) is 8.57. The van der Waals surface area contributed by atoms with Crippen molar-refractivity contribution in [2.75, 3.05) is 23.7 Å². The fourth-order valence-corrected chi connectivity index (χ4v) is 3.38. The lowest BCUT2D eigenvalue weighted by molar-refractivity contribution is -0.131. The maximum Gasteiger partial charge on any atom is 0.328 e. The highest BCUT2D eigenvalue weighted by Crippen LogP contribution is 2.33. The van der Waals surface area contributed by atoms with E-state index < -0.39 is 5.97 Å². The number of hydrogen-bond acceptors (Lipinski definition) is 3. The van der Waals surface area contributed by atoms with Gasteiger partial charge in [-0.1, -0.05) is 6.07 Å². The lowest BCUT2D eigenvalue weighted by atomic mass is 10.1. The molecule has 0 spiro atoms. The molecule has 2 rings (SSSR count). The first kappa shape index (κ1) is 14.9. The van der Waals surface area contributed by atoms with Crippen molar-refractivity contribution in [3.63, 3.8) is 0 Å². The van der Waals surface area contributed by atoms with Crippen LogP contribution in [-0.2, 0) is 4.79 Å². The summed E-state index contributed by atoms with van der Waals surface area (Å²) in [6, 6.07) is 4.85. The molecule has 0 radical (unpaired) electrons. The van der Waals surface area contributed by atoms with E-state index in [1.54, 1.807) is 12.1 Å². The van der Waals surface area contributed by atoms with E-state index in [2.05, 4.69) is 18.7 Å². The van der Waals surface area contributed by atoms with E-state index in [1.165, 1.54) is 12.1 Å². The predicted molar refractivity (Wildman–Crippen MR) is 81.8 cm³/mol. The minimum atomic E-state index is -1.04. The number of carbonyl (C=O) groups is 1. The van der Waals surface area contributed by atoms with Crippen molar-refractivity contribution in [2.45, 2.75) is 18.6 Å². The van der Waals surface area contributed by atoms with Crippen molar-refractivity contribution in [3.05, 3.63) is 35.7 Å². The molecule has 1 heterocycles. The molecule has 5 heteroatoms. The van der Waals surface area contributed by atoms with Crippen molar-refractivity contribution in [3.8, 4) is 0 Å². The summed E-state index contributed by atoms with van der Waals surface area (Å²) in [4.78, 5) is 12.5. The molecule has 3 nitrogen and oxygen atoms in total. The van der Waals surface area contributed by atoms with E-state index in [9.17, 15) is 9.18 Å². The van der Waals surface area contributed by atoms with Crippen LogP contribution in [0.2, 0.25) is 0 Å². The molecule has 1 aliphatic heterocycles. The Hall–Kier alpha value is -1.49. The summed E-state index contributed by atoms with van der Waals surface area (Å²) in [5.41, 5.74) is 1.14. The Labute approximate surface area is 122 Å². The Bertz CT molecular complexity index is 543. The zero-order valence-electron chi connectivity index (χ0n) is 11.6. The summed E-state index contributed by atoms with van der Waals surface area (Å²) < 4.78 is 14.3. The zero-order chi connectivity index (χ0) is 14.8. The van der Waals surface area contributed by atoms with Crippen LogP contribution in [0.15, 0.2) is 24.3 Å². The van der Waals surface area contributed by atoms with Crippen molar-refractivity contribution < 1.29 is 14.3 Å². The van der Waals surface area contributed by atoms with Crippen molar-refractivity contribution >= 4 is 29.5 Å². The maximum absolute atomic E-state index is 14.2. The lowest BCUT2D eigenvalue weighted by Crippen LogP contribution is -2.43. The quantitative estimate of drug-likeness (QED) is 0.869. The van der Waals surface area contributed by atoms with Crippen LogP contribution < -0.4 is 4.90 Å². The summed E-state index contributed by atoms with van der Waals surface area (Å²) in [6.07, 6.45) is 2.40. The van der Waals surface area contributed by atoms with E-state index in [0.717, 1.165) is 24.9 Å². The average Bonchev–Trinajstić information content (AvgIpc) is 2.35. The number of halogens is 1. The van der Waals surface area contributed by atoms with Crippen LogP contribution in [0.4, 0.5) is 10.1 Å². The average molecular weight is 295 g/mol. The van der Waals surface area contributed by atoms with Gasteiger partial charge in [-0.05, 0) is 37.6 Å². The lowest BCUT2D eigenvalue weighted by Gasteiger charge is -2.39. The highest BCUT2D eigenvalue weighted by molar-refractivity contribution is 8.00. The number of thioether (sulfide) groups is 1. The molecule has 1 fully saturated rings. The van der Waals surface area contributed by atoms with Gasteiger partial charge in [0.15, 0.2) is 0 Å². The molecular formula is C15H18FNO2S. The standard InChI is InChI=1S/C15H18FNO2S/c1-15(2)10-17(7-8-20-15)13-5-3-11(9-12(13)16)4-6-14(18)19/h3-6,9H,7-8,10H2,1-2H3,(H,18,19)/b6-4+. The van der Waals surface area contributed by atoms with E-state index in [0.29, 0.717) is 11.3 Å². The van der Waals surface area contributed by atoms with Crippen LogP contribution in [-0.4, -0.2) is 34.7 Å². The molecule has 1 saturated heterocycles. The van der Waals surface area contributed by atoms with Gasteiger partial charge < -0.3 is 10.0 Å². The van der Waals surface area contributed by atoms with E-state index >= 15 is 0 Å². The number of rotatable bonds is 3. The number of hydrogen-bond donors (Lipinski definition) is 1. The molecule has 1 aliphatic rings. The van der Waals surface area contributed by atoms with Crippen molar-refractivity contribution in [1.29, 1.82) is 0 Å². The number of carboxylic acid groups (broad SMARTS) is 1. The predicted octanol–water partition coefficient (Wildman–Crippen LogP) is 3.26. The highest BCUT2D eigenvalue weighted by Gasteiger charge is 2.28. The molecule has 0 amide bonds. The molecular weight excluding hydrogens is 277 g/mol. The third kappa shape index (κ3) is 3.76. The fourth-order valence-electron chi connectivity index (χ4n) is 2.27. The van der Waals surface area contributed by atoms with Crippen LogP contribution in [0.1, 0.15) is 19.4 Å². The topological polar surface area (TPSA) is 40.5 Å². The largest absolute Gasteiger partial charge is 0.478 e. The zero-order valence-corrected chi connectivity index (χ0v) is 12.4. The summed E-state index contributed by atoms with van der Waals surface area (Å²) in [5.74, 6) is -0.364. The molecule has 108 valence electrons. The molecule has 1 N–H and O–H groups in total. The van der Waals surface area contributed by atoms with Gasteiger partial charge in [0.25, 0.3) is 0 Å². The number of benzene rings is 1. The summed E-state index contributed by atoms with van der Waals surface area (Å²) >= 11 is 1.90. The molecule has 20 heavy (non-hydrogen) atoms. The maximum atomic E-state index is 14.2. The molecule has 0 saturated carbocycles. The SMILES string of the molecule is CC1(C)CN(c2ccc(/C=C/C(=O)O)cc2F)CCS1. The molecule has 1 aromatic carbocycles. The first-order valence-electron chi connectivity index (χ1n) is 6.47. The van der Waals surface area contributed by atoms with Gasteiger partial charge in [0.1, 0.15) is 5.82 Å². The van der Waals surface area contributed by atoms with E-state index in [1.807, 2.05) is 11.8 Å². The normalized spacial score (nSPS) is 18.4. The molecule has 0 bridgehead atoms. The monoisotopic (exact) mass is 295 g/mol. The van der Waals surface area contributed by atoms with E-state index in [-0.39, 0.29) is 10.6 Å². The Morgan fingerprint density at radius 3 is 2.85 bits per heavy atom. The Balaban J connectivity index is 2.19. The van der Waals surface area contributed by atoms with Gasteiger partial charge in [-0.15, -0.1) is 0 Å². The third-order valence-electron chi connectivity index (χ3n) is 3.16. The molecule has 0 atom stereocenters. The van der Waals surface area contributed by atoms with Gasteiger partial charge in [0, 0.05) is 29.7 Å². The third-order valence-corrected chi connectivity index (χ3v) is 4.45. The Kier molecular flexibility index (Phi) is 4.38. The minimum absolute atomic E-state index is 0.118. The summed E-state index contributed by atoms with van der Waals surface area (Å²) in [7, 11) is 0. The van der Waals surface area contributed by atoms with Crippen LogP contribution in [0.3, 0.4) is 0 Å². The van der Waals surface area contributed by atoms with Gasteiger partial charge in [-0.25, -0.2) is 9.18 Å². The Morgan fingerprint density at radius 2 is 2.25 bits per heavy atom. The van der Waals surface area contributed by atoms with Crippen LogP contribution >= 0.6 is 11.8 Å². The van der Waals surface area contributed by atoms with Gasteiger partial charge in [0.2, 0.25) is 0 Å². The number of aliphatic carboxylic acids is 1.